The third-order valence-corrected chi connectivity index (χ3v) is 3.01. The van der Waals surface area contributed by atoms with Crippen LogP contribution in [-0.2, 0) is 11.2 Å². The number of benzene rings is 1. The van der Waals surface area contributed by atoms with Gasteiger partial charge in [0, 0.05) is 29.8 Å². The zero-order valence-electron chi connectivity index (χ0n) is 11.0. The van der Waals surface area contributed by atoms with E-state index in [0.29, 0.717) is 17.9 Å². The molecule has 0 aliphatic heterocycles. The number of nitrogens with zero attached hydrogens (tertiary/aromatic N) is 1. The van der Waals surface area contributed by atoms with Crippen molar-refractivity contribution in [1.29, 1.82) is 0 Å². The van der Waals surface area contributed by atoms with Gasteiger partial charge >= 0.3 is 0 Å². The van der Waals surface area contributed by atoms with Crippen LogP contribution in [0.5, 0.6) is 11.5 Å². The Morgan fingerprint density at radius 3 is 2.79 bits per heavy atom. The van der Waals surface area contributed by atoms with Gasteiger partial charge in [0.2, 0.25) is 5.91 Å². The number of aryl methyl sites for hydroxylation is 1. The zero-order valence-corrected chi connectivity index (χ0v) is 11.0. The van der Waals surface area contributed by atoms with Crippen molar-refractivity contribution in [2.45, 2.75) is 12.8 Å². The molecule has 2 aromatic rings. The topological polar surface area (TPSA) is 74.4 Å². The third-order valence-electron chi connectivity index (χ3n) is 3.01. The van der Waals surface area contributed by atoms with Gasteiger partial charge in [-0.05, 0) is 23.9 Å². The molecule has 0 saturated heterocycles. The number of hydrogen-bond donors (Lipinski definition) is 1. The number of methoxy groups -OCH3 is 2. The number of carbonyl (C=O) groups excluding carboxylic acids is 1. The van der Waals surface area contributed by atoms with E-state index in [2.05, 4.69) is 4.98 Å². The molecule has 100 valence electrons. The number of ether oxygens (including phenoxy) is 2. The summed E-state index contributed by atoms with van der Waals surface area (Å²) in [5.74, 6) is 0.928. The van der Waals surface area contributed by atoms with Crippen LogP contribution in [0.2, 0.25) is 0 Å². The first-order chi connectivity index (χ1) is 9.17. The Morgan fingerprint density at radius 1 is 1.37 bits per heavy atom. The molecule has 2 N–H and O–H groups in total. The molecule has 0 spiro atoms. The fourth-order valence-electron chi connectivity index (χ4n) is 2.15. The Hall–Kier alpha value is -2.30. The van der Waals surface area contributed by atoms with E-state index in [9.17, 15) is 4.79 Å². The normalized spacial score (nSPS) is 10.4. The second-order valence-electron chi connectivity index (χ2n) is 4.15. The number of hydrogen-bond acceptors (Lipinski definition) is 4. The van der Waals surface area contributed by atoms with E-state index < -0.39 is 0 Å². The maximum Gasteiger partial charge on any atom is 0.217 e. The monoisotopic (exact) mass is 260 g/mol. The highest BCUT2D eigenvalue weighted by atomic mass is 16.5. The Bertz CT molecular complexity index is 611. The van der Waals surface area contributed by atoms with Crippen molar-refractivity contribution in [3.8, 4) is 11.5 Å². The number of fused-ring (bicyclic) bond motifs is 1. The molecular formula is C14H16N2O3. The van der Waals surface area contributed by atoms with Crippen LogP contribution in [-0.4, -0.2) is 25.1 Å². The van der Waals surface area contributed by atoms with E-state index >= 15 is 0 Å². The summed E-state index contributed by atoms with van der Waals surface area (Å²) in [6.45, 7) is 0. The van der Waals surface area contributed by atoms with Crippen molar-refractivity contribution in [2.75, 3.05) is 14.2 Å². The van der Waals surface area contributed by atoms with Gasteiger partial charge in [0.15, 0.2) is 11.5 Å². The molecule has 2 rings (SSSR count). The Balaban J connectivity index is 2.63. The highest BCUT2D eigenvalue weighted by Crippen LogP contribution is 2.37. The van der Waals surface area contributed by atoms with Crippen LogP contribution in [0.3, 0.4) is 0 Å². The Kier molecular flexibility index (Phi) is 3.85. The van der Waals surface area contributed by atoms with Gasteiger partial charge in [-0.1, -0.05) is 0 Å². The number of pyridine rings is 1. The van der Waals surface area contributed by atoms with Crippen molar-refractivity contribution >= 4 is 16.7 Å². The first kappa shape index (κ1) is 13.1. The lowest BCUT2D eigenvalue weighted by Gasteiger charge is -2.15. The van der Waals surface area contributed by atoms with E-state index in [1.165, 1.54) is 0 Å². The van der Waals surface area contributed by atoms with Crippen LogP contribution in [0.1, 0.15) is 12.0 Å². The third kappa shape index (κ3) is 2.59. The fourth-order valence-corrected chi connectivity index (χ4v) is 2.15. The summed E-state index contributed by atoms with van der Waals surface area (Å²) in [5, 5.41) is 1.94. The van der Waals surface area contributed by atoms with Crippen molar-refractivity contribution in [2.24, 2.45) is 5.73 Å². The molecule has 0 aliphatic rings. The van der Waals surface area contributed by atoms with Gasteiger partial charge in [-0.2, -0.15) is 0 Å². The Labute approximate surface area is 111 Å². The van der Waals surface area contributed by atoms with E-state index in [1.54, 1.807) is 26.6 Å². The zero-order chi connectivity index (χ0) is 13.8. The number of aromatic nitrogens is 1. The van der Waals surface area contributed by atoms with Gasteiger partial charge in [0.05, 0.1) is 14.2 Å². The summed E-state index contributed by atoms with van der Waals surface area (Å²) < 4.78 is 10.7. The van der Waals surface area contributed by atoms with Crippen LogP contribution in [0.4, 0.5) is 0 Å². The summed E-state index contributed by atoms with van der Waals surface area (Å²) in [6.07, 6.45) is 4.24. The number of nitrogens with two attached hydrogens (primary N) is 1. The van der Waals surface area contributed by atoms with Crippen molar-refractivity contribution in [3.05, 3.63) is 30.1 Å². The SMILES string of the molecule is COc1cc2cnccc2c(CCC(N)=O)c1OC. The van der Waals surface area contributed by atoms with Crippen LogP contribution in [0.15, 0.2) is 24.5 Å². The summed E-state index contributed by atoms with van der Waals surface area (Å²) >= 11 is 0. The first-order valence-electron chi connectivity index (χ1n) is 5.93. The molecule has 1 amide bonds. The lowest BCUT2D eigenvalue weighted by atomic mass is 10.00. The maximum absolute atomic E-state index is 11.0. The van der Waals surface area contributed by atoms with Crippen LogP contribution in [0, 0.1) is 0 Å². The molecule has 1 aromatic carbocycles. The summed E-state index contributed by atoms with van der Waals surface area (Å²) in [6, 6.07) is 3.77. The summed E-state index contributed by atoms with van der Waals surface area (Å²) in [4.78, 5) is 15.1. The van der Waals surface area contributed by atoms with Gasteiger partial charge in [0.1, 0.15) is 0 Å². The second-order valence-corrected chi connectivity index (χ2v) is 4.15. The highest BCUT2D eigenvalue weighted by Gasteiger charge is 2.15. The van der Waals surface area contributed by atoms with Gasteiger partial charge in [-0.15, -0.1) is 0 Å². The lowest BCUT2D eigenvalue weighted by molar-refractivity contribution is -0.117. The van der Waals surface area contributed by atoms with Crippen LogP contribution >= 0.6 is 0 Å². The van der Waals surface area contributed by atoms with Crippen molar-refractivity contribution in [3.63, 3.8) is 0 Å². The average Bonchev–Trinajstić information content (AvgIpc) is 2.43. The minimum absolute atomic E-state index is 0.265. The predicted molar refractivity (Wildman–Crippen MR) is 72.4 cm³/mol. The fraction of sp³-hybridized carbons (Fsp3) is 0.286. The molecule has 0 unspecified atom stereocenters. The van der Waals surface area contributed by atoms with Crippen molar-refractivity contribution < 1.29 is 14.3 Å². The van der Waals surface area contributed by atoms with E-state index in [0.717, 1.165) is 16.3 Å². The molecule has 0 atom stereocenters. The smallest absolute Gasteiger partial charge is 0.217 e. The molecule has 1 aromatic heterocycles. The van der Waals surface area contributed by atoms with E-state index in [4.69, 9.17) is 15.2 Å². The van der Waals surface area contributed by atoms with Gasteiger partial charge in [-0.3, -0.25) is 9.78 Å². The average molecular weight is 260 g/mol. The van der Waals surface area contributed by atoms with Crippen LogP contribution < -0.4 is 15.2 Å². The predicted octanol–water partition coefficient (Wildman–Crippen LogP) is 1.67. The molecule has 5 heteroatoms. The molecule has 1 heterocycles. The highest BCUT2D eigenvalue weighted by molar-refractivity contribution is 5.90. The molecule has 5 nitrogen and oxygen atoms in total. The summed E-state index contributed by atoms with van der Waals surface area (Å²) in [5.41, 5.74) is 6.14. The second kappa shape index (κ2) is 5.56. The maximum atomic E-state index is 11.0. The van der Waals surface area contributed by atoms with E-state index in [1.807, 2.05) is 12.1 Å². The minimum Gasteiger partial charge on any atom is -0.493 e. The number of rotatable bonds is 5. The van der Waals surface area contributed by atoms with Crippen molar-refractivity contribution in [1.82, 2.24) is 4.98 Å². The molecule has 0 bridgehead atoms. The molecule has 0 aliphatic carbocycles. The standard InChI is InChI=1S/C14H16N2O3/c1-18-12-7-9-8-16-6-5-10(9)11(14(12)19-2)3-4-13(15)17/h5-8H,3-4H2,1-2H3,(H2,15,17). The molecule has 19 heavy (non-hydrogen) atoms. The largest absolute Gasteiger partial charge is 0.493 e. The molecule has 0 saturated carbocycles. The quantitative estimate of drug-likeness (QED) is 0.887. The number of amides is 1. The van der Waals surface area contributed by atoms with Crippen LogP contribution in [0.25, 0.3) is 10.8 Å². The lowest BCUT2D eigenvalue weighted by Crippen LogP contribution is -2.12. The molecular weight excluding hydrogens is 244 g/mol. The van der Waals surface area contributed by atoms with Gasteiger partial charge in [0.25, 0.3) is 0 Å². The summed E-state index contributed by atoms with van der Waals surface area (Å²) in [7, 11) is 3.16. The molecule has 0 fully saturated rings. The molecule has 0 radical (unpaired) electrons. The van der Waals surface area contributed by atoms with Gasteiger partial charge < -0.3 is 15.2 Å². The minimum atomic E-state index is -0.341. The number of carbonyl (C=O) groups is 1. The number of primary amides is 1. The van der Waals surface area contributed by atoms with Gasteiger partial charge in [-0.25, -0.2) is 0 Å². The first-order valence-corrected chi connectivity index (χ1v) is 5.93. The Morgan fingerprint density at radius 2 is 2.16 bits per heavy atom. The van der Waals surface area contributed by atoms with E-state index in [-0.39, 0.29) is 12.3 Å².